The fourth-order valence-electron chi connectivity index (χ4n) is 0.383. The predicted molar refractivity (Wildman–Crippen MR) is 40.9 cm³/mol. The van der Waals surface area contributed by atoms with Gasteiger partial charge < -0.3 is 5.11 Å². The highest BCUT2D eigenvalue weighted by atomic mass is 16.4. The first kappa shape index (κ1) is 1.99. The number of aliphatic carboxylic acids is 1. The smallest absolute Gasteiger partial charge is 0.306 e. The third kappa shape index (κ3) is 3.49. The van der Waals surface area contributed by atoms with Crippen molar-refractivity contribution in [2.75, 3.05) is 0 Å². The van der Waals surface area contributed by atoms with E-state index >= 15 is 0 Å². The largest absolute Gasteiger partial charge is 0.481 e. The number of rotatable bonds is 5. The third-order valence-electron chi connectivity index (χ3n) is 0.704. The van der Waals surface area contributed by atoms with E-state index in [0.29, 0.717) is 13.8 Å². The molecule has 1 N–H and O–H groups in total. The lowest BCUT2D eigenvalue weighted by Crippen LogP contribution is -2.12. The summed E-state index contributed by atoms with van der Waals surface area (Å²) in [7, 11) is 0. The maximum absolute atomic E-state index is 11.6. The van der Waals surface area contributed by atoms with Crippen LogP contribution in [0, 0.1) is 5.89 Å². The highest BCUT2D eigenvalue weighted by Gasteiger charge is 2.13. The van der Waals surface area contributed by atoms with Gasteiger partial charge in [-0.25, -0.2) is 0 Å². The van der Waals surface area contributed by atoms with Crippen molar-refractivity contribution in [2.45, 2.75) is 39.3 Å². The van der Waals surface area contributed by atoms with Gasteiger partial charge in [-0.15, -0.1) is 0 Å². The SMILES string of the molecule is [2H]OC(=O)C([2H])(C([2H])([2H])C([2H])([2H])C)C([2H])([2H])C([2H])([2H])C. The van der Waals surface area contributed by atoms with E-state index in [2.05, 4.69) is 5.11 Å². The molecule has 0 aliphatic carbocycles. The number of carboxylic acids is 1. The average Bonchev–Trinajstić information content (AvgIpc) is 2.23. The van der Waals surface area contributed by atoms with Crippen LogP contribution in [0.3, 0.4) is 0 Å². The molecule has 0 radical (unpaired) electrons. The van der Waals surface area contributed by atoms with Crippen LogP contribution in [0.2, 0.25) is 0 Å². The summed E-state index contributed by atoms with van der Waals surface area (Å²) in [6.45, 7) is 1.38. The van der Waals surface area contributed by atoms with Crippen LogP contribution in [0.4, 0.5) is 0 Å². The molecule has 0 spiro atoms. The van der Waals surface area contributed by atoms with Crippen LogP contribution >= 0.6 is 0 Å². The van der Waals surface area contributed by atoms with Crippen LogP contribution in [0.15, 0.2) is 0 Å². The number of hydrogen-bond acceptors (Lipinski definition) is 2. The Hall–Kier alpha value is -0.530. The van der Waals surface area contributed by atoms with E-state index in [0.717, 1.165) is 0 Å². The van der Waals surface area contributed by atoms with Crippen molar-refractivity contribution in [3.63, 3.8) is 0 Å². The molecule has 0 aromatic rings. The Labute approximate surface area is 76.4 Å². The second-order valence-electron chi connectivity index (χ2n) is 1.41. The quantitative estimate of drug-likeness (QED) is 0.659. The van der Waals surface area contributed by atoms with E-state index in [1.54, 1.807) is 0 Å². The van der Waals surface area contributed by atoms with Crippen molar-refractivity contribution < 1.29 is 22.2 Å². The summed E-state index contributed by atoms with van der Waals surface area (Å²) >= 11 is 0. The molecule has 0 unspecified atom stereocenters. The van der Waals surface area contributed by atoms with Gasteiger partial charge in [0.1, 0.15) is 0 Å². The average molecular weight is 154 g/mol. The van der Waals surface area contributed by atoms with Gasteiger partial charge in [-0.2, -0.15) is 0 Å². The van der Waals surface area contributed by atoms with E-state index in [1.165, 1.54) is 0 Å². The van der Waals surface area contributed by atoms with Gasteiger partial charge in [0, 0.05) is 12.3 Å². The Balaban J connectivity index is 6.40. The van der Waals surface area contributed by atoms with E-state index in [1.807, 2.05) is 0 Å². The Morgan fingerprint density at radius 2 is 2.20 bits per heavy atom. The lowest BCUT2D eigenvalue weighted by molar-refractivity contribution is -0.142. The molecule has 10 heavy (non-hydrogen) atoms. The number of carboxylic acid groups (broad SMARTS) is 1. The number of hydrogen-bond donors (Lipinski definition) is 1. The Morgan fingerprint density at radius 3 is 2.50 bits per heavy atom. The van der Waals surface area contributed by atoms with Gasteiger partial charge in [0.2, 0.25) is 0 Å². The highest BCUT2D eigenvalue weighted by Crippen LogP contribution is 2.12. The predicted octanol–water partition coefficient (Wildman–Crippen LogP) is 2.29. The summed E-state index contributed by atoms with van der Waals surface area (Å²) in [4.78, 5) is 11.6. The first-order valence-corrected chi connectivity index (χ1v) is 2.66. The van der Waals surface area contributed by atoms with Crippen molar-refractivity contribution in [3.05, 3.63) is 0 Å². The minimum absolute atomic E-state index is 0.689. The molecule has 0 fully saturated rings. The van der Waals surface area contributed by atoms with Crippen LogP contribution in [0.25, 0.3) is 1.43 Å². The molecule has 0 rings (SSSR count). The fourth-order valence-corrected chi connectivity index (χ4v) is 0.383. The summed E-state index contributed by atoms with van der Waals surface area (Å²) < 4.78 is 74.2. The van der Waals surface area contributed by atoms with Gasteiger partial charge in [-0.05, 0) is 12.7 Å². The van der Waals surface area contributed by atoms with E-state index < -0.39 is 37.4 Å². The molecule has 0 saturated carbocycles. The first-order valence-electron chi connectivity index (χ1n) is 7.57. The zero-order valence-corrected chi connectivity index (χ0v) is 5.82. The van der Waals surface area contributed by atoms with Crippen LogP contribution in [0.1, 0.15) is 51.7 Å². The highest BCUT2D eigenvalue weighted by molar-refractivity contribution is 5.69. The molecular formula is C8H16O2. The lowest BCUT2D eigenvalue weighted by atomic mass is 9.99. The molecule has 0 bridgehead atoms. The third-order valence-corrected chi connectivity index (χ3v) is 0.704. The summed E-state index contributed by atoms with van der Waals surface area (Å²) in [5, 5.41) is 3.49. The lowest BCUT2D eigenvalue weighted by Gasteiger charge is -2.07. The van der Waals surface area contributed by atoms with Gasteiger partial charge in [-0.3, -0.25) is 4.79 Å². The van der Waals surface area contributed by atoms with Crippen LogP contribution < -0.4 is 0 Å². The van der Waals surface area contributed by atoms with Crippen molar-refractivity contribution in [1.29, 1.82) is 1.43 Å². The Bertz CT molecular complexity index is 354. The molecular weight excluding hydrogens is 128 g/mol. The molecule has 0 atom stereocenters. The fraction of sp³-hybridized carbons (Fsp3) is 0.875. The van der Waals surface area contributed by atoms with Crippen LogP contribution in [-0.2, 0) is 4.79 Å². The Morgan fingerprint density at radius 1 is 1.70 bits per heavy atom. The maximum Gasteiger partial charge on any atom is 0.306 e. The molecule has 2 heteroatoms. The van der Waals surface area contributed by atoms with Gasteiger partial charge in [-0.1, -0.05) is 26.6 Å². The maximum atomic E-state index is 11.6. The van der Waals surface area contributed by atoms with Crippen molar-refractivity contribution in [1.82, 2.24) is 0 Å². The zero-order valence-electron chi connectivity index (χ0n) is 15.8. The van der Waals surface area contributed by atoms with E-state index in [4.69, 9.17) is 13.8 Å². The molecule has 0 aliphatic heterocycles. The van der Waals surface area contributed by atoms with Crippen LogP contribution in [-0.4, -0.2) is 11.1 Å². The normalized spacial score (nSPS) is 31.4. The molecule has 2 nitrogen and oxygen atoms in total. The monoisotopic (exact) mass is 154 g/mol. The molecule has 0 aliphatic rings. The summed E-state index contributed by atoms with van der Waals surface area (Å²) in [6.07, 6.45) is -12.6. The minimum Gasteiger partial charge on any atom is -0.481 e. The standard InChI is InChI=1S/C8H16O2/c1-3-5-7(6-4-2)8(9)10/h7H,3-6H2,1-2H3,(H,9,10)/i3D2,4D2,5D2,6D2,7D/hD. The van der Waals surface area contributed by atoms with Crippen molar-refractivity contribution in [2.24, 2.45) is 5.89 Å². The van der Waals surface area contributed by atoms with E-state index in [9.17, 15) is 4.79 Å². The summed E-state index contributed by atoms with van der Waals surface area (Å²) in [6, 6.07) is 0. The topological polar surface area (TPSA) is 37.3 Å². The first-order chi connectivity index (χ1) is 8.48. The molecule has 0 amide bonds. The second kappa shape index (κ2) is 5.27. The van der Waals surface area contributed by atoms with Gasteiger partial charge >= 0.3 is 5.97 Å². The summed E-state index contributed by atoms with van der Waals surface area (Å²) in [5.41, 5.74) is 0. The van der Waals surface area contributed by atoms with Gasteiger partial charge in [0.15, 0.2) is 0 Å². The molecule has 0 aromatic carbocycles. The van der Waals surface area contributed by atoms with Gasteiger partial charge in [0.25, 0.3) is 1.43 Å². The molecule has 0 heterocycles. The van der Waals surface area contributed by atoms with E-state index in [-0.39, 0.29) is 0 Å². The van der Waals surface area contributed by atoms with Crippen molar-refractivity contribution >= 4 is 5.97 Å². The molecule has 0 saturated heterocycles. The second-order valence-corrected chi connectivity index (χ2v) is 1.41. The van der Waals surface area contributed by atoms with Crippen molar-refractivity contribution in [3.8, 4) is 0 Å². The molecule has 0 aromatic heterocycles. The number of carbonyl (C=O) groups is 1. The zero-order chi connectivity index (χ0) is 16.8. The Kier molecular flexibility index (Phi) is 1.05. The molecule has 60 valence electrons. The van der Waals surface area contributed by atoms with Crippen LogP contribution in [0.5, 0.6) is 0 Å². The minimum atomic E-state index is -3.61. The van der Waals surface area contributed by atoms with Gasteiger partial charge in [0.05, 0.1) is 5.89 Å². The summed E-state index contributed by atoms with van der Waals surface area (Å²) in [5.74, 6) is -5.62.